The van der Waals surface area contributed by atoms with Crippen molar-refractivity contribution in [2.24, 2.45) is 28.6 Å². The van der Waals surface area contributed by atoms with Crippen molar-refractivity contribution in [1.29, 1.82) is 0 Å². The molecule has 7 rings (SSSR count). The third-order valence-electron chi connectivity index (χ3n) is 14.6. The number of phenolic OH excluding ortho intramolecular Hbond substituents is 3. The van der Waals surface area contributed by atoms with Crippen LogP contribution in [0.25, 0.3) is 0 Å². The molecule has 4 heteroatoms. The molecule has 1 unspecified atom stereocenters. The Morgan fingerprint density at radius 3 is 1.33 bits per heavy atom. The number of aromatic hydroxyl groups is 3. The van der Waals surface area contributed by atoms with Crippen LogP contribution in [-0.2, 0) is 10.8 Å². The second-order valence-corrected chi connectivity index (χ2v) is 17.6. The number of hydrogen-bond acceptors (Lipinski definition) is 4. The van der Waals surface area contributed by atoms with Gasteiger partial charge in [0, 0.05) is 10.8 Å². The van der Waals surface area contributed by atoms with Gasteiger partial charge >= 0.3 is 0 Å². The minimum Gasteiger partial charge on any atom is -0.508 e. The zero-order valence-corrected chi connectivity index (χ0v) is 31.6. The Labute approximate surface area is 311 Å². The van der Waals surface area contributed by atoms with Crippen LogP contribution in [0.2, 0.25) is 0 Å². The SMILES string of the molecule is CC(C)(C1=CC=C(C(C)(C)C2CCC(c3ccc(O)cc3)(C3C=CC(O)=CC3)CC2)CC1)C1CCC(c2ccc(O)cc2)(c2ccc(O)cc2)CC1. The number of phenols is 3. The summed E-state index contributed by atoms with van der Waals surface area (Å²) in [4.78, 5) is 0. The fourth-order valence-electron chi connectivity index (χ4n) is 10.9. The Morgan fingerprint density at radius 1 is 0.538 bits per heavy atom. The fourth-order valence-corrected chi connectivity index (χ4v) is 10.9. The van der Waals surface area contributed by atoms with E-state index in [1.807, 2.05) is 48.6 Å². The molecule has 0 spiro atoms. The average Bonchev–Trinajstić information content (AvgIpc) is 3.16. The van der Waals surface area contributed by atoms with Crippen LogP contribution in [0.5, 0.6) is 17.2 Å². The van der Waals surface area contributed by atoms with Gasteiger partial charge in [0.25, 0.3) is 0 Å². The van der Waals surface area contributed by atoms with Gasteiger partial charge in [-0.05, 0) is 164 Å². The van der Waals surface area contributed by atoms with Gasteiger partial charge in [-0.1, -0.05) is 93.5 Å². The number of aliphatic hydroxyl groups is 1. The lowest BCUT2D eigenvalue weighted by atomic mass is 9.54. The van der Waals surface area contributed by atoms with Crippen LogP contribution in [0.15, 0.2) is 120 Å². The first-order chi connectivity index (χ1) is 24.8. The molecule has 0 amide bonds. The smallest absolute Gasteiger partial charge is 0.115 e. The minimum absolute atomic E-state index is 0.00811. The zero-order valence-electron chi connectivity index (χ0n) is 31.6. The van der Waals surface area contributed by atoms with E-state index < -0.39 is 0 Å². The highest BCUT2D eigenvalue weighted by molar-refractivity contribution is 5.44. The lowest BCUT2D eigenvalue weighted by Gasteiger charge is -2.50. The van der Waals surface area contributed by atoms with Crippen LogP contribution in [0.4, 0.5) is 0 Å². The number of aliphatic hydroxyl groups excluding tert-OH is 1. The number of rotatable bonds is 8. The van der Waals surface area contributed by atoms with Crippen molar-refractivity contribution in [3.8, 4) is 17.2 Å². The molecular weight excluding hydrogens is 641 g/mol. The molecule has 0 heterocycles. The Morgan fingerprint density at radius 2 is 0.942 bits per heavy atom. The van der Waals surface area contributed by atoms with Crippen LogP contribution < -0.4 is 0 Å². The van der Waals surface area contributed by atoms with Gasteiger partial charge in [-0.3, -0.25) is 0 Å². The number of hydrogen-bond donors (Lipinski definition) is 4. The minimum atomic E-state index is -0.127. The van der Waals surface area contributed by atoms with E-state index in [0.717, 1.165) is 57.8 Å². The van der Waals surface area contributed by atoms with E-state index in [0.29, 0.717) is 40.8 Å². The van der Waals surface area contributed by atoms with Gasteiger partial charge in [0.1, 0.15) is 23.0 Å². The summed E-state index contributed by atoms with van der Waals surface area (Å²) in [5.74, 6) is 2.79. The van der Waals surface area contributed by atoms with Gasteiger partial charge in [0.2, 0.25) is 0 Å². The highest BCUT2D eigenvalue weighted by Gasteiger charge is 2.47. The predicted octanol–water partition coefficient (Wildman–Crippen LogP) is 12.1. The first kappa shape index (κ1) is 36.2. The van der Waals surface area contributed by atoms with Gasteiger partial charge in [-0.2, -0.15) is 0 Å². The summed E-state index contributed by atoms with van der Waals surface area (Å²) in [6.45, 7) is 9.91. The van der Waals surface area contributed by atoms with E-state index in [2.05, 4.69) is 82.3 Å². The molecule has 0 radical (unpaired) electrons. The van der Waals surface area contributed by atoms with Gasteiger partial charge in [0.05, 0.1) is 0 Å². The number of allylic oxidation sites excluding steroid dienone is 7. The van der Waals surface area contributed by atoms with Crippen molar-refractivity contribution in [2.75, 3.05) is 0 Å². The van der Waals surface area contributed by atoms with Crippen molar-refractivity contribution >= 4 is 0 Å². The first-order valence-corrected chi connectivity index (χ1v) is 19.7. The second-order valence-electron chi connectivity index (χ2n) is 17.6. The molecular formula is C48H58O4. The van der Waals surface area contributed by atoms with Gasteiger partial charge in [-0.15, -0.1) is 0 Å². The van der Waals surface area contributed by atoms with Crippen LogP contribution in [0.3, 0.4) is 0 Å². The van der Waals surface area contributed by atoms with Crippen molar-refractivity contribution in [1.82, 2.24) is 0 Å². The van der Waals surface area contributed by atoms with Crippen molar-refractivity contribution in [3.05, 3.63) is 137 Å². The second kappa shape index (κ2) is 14.0. The largest absolute Gasteiger partial charge is 0.508 e. The predicted molar refractivity (Wildman–Crippen MR) is 212 cm³/mol. The lowest BCUT2D eigenvalue weighted by Crippen LogP contribution is -2.42. The molecule has 0 aromatic heterocycles. The highest BCUT2D eigenvalue weighted by atomic mass is 16.3. The van der Waals surface area contributed by atoms with E-state index in [4.69, 9.17) is 0 Å². The Kier molecular flexibility index (Phi) is 9.74. The molecule has 4 N–H and O–H groups in total. The summed E-state index contributed by atoms with van der Waals surface area (Å²) in [6, 6.07) is 23.5. The number of benzene rings is 3. The first-order valence-electron chi connectivity index (χ1n) is 19.7. The summed E-state index contributed by atoms with van der Waals surface area (Å²) < 4.78 is 0. The maximum Gasteiger partial charge on any atom is 0.115 e. The van der Waals surface area contributed by atoms with E-state index in [9.17, 15) is 20.4 Å². The average molecular weight is 699 g/mol. The molecule has 3 aromatic carbocycles. The maximum atomic E-state index is 10.1. The summed E-state index contributed by atoms with van der Waals surface area (Å²) in [6.07, 6.45) is 23.0. The third kappa shape index (κ3) is 6.63. The van der Waals surface area contributed by atoms with Gasteiger partial charge < -0.3 is 20.4 Å². The van der Waals surface area contributed by atoms with E-state index in [-0.39, 0.29) is 21.7 Å². The zero-order chi connectivity index (χ0) is 36.7. The lowest BCUT2D eigenvalue weighted by molar-refractivity contribution is 0.115. The molecule has 2 fully saturated rings. The van der Waals surface area contributed by atoms with Crippen LogP contribution in [-0.4, -0.2) is 20.4 Å². The van der Waals surface area contributed by atoms with Gasteiger partial charge in [-0.25, -0.2) is 0 Å². The van der Waals surface area contributed by atoms with E-state index in [1.54, 1.807) is 11.1 Å². The quantitative estimate of drug-likeness (QED) is 0.189. The van der Waals surface area contributed by atoms with Crippen molar-refractivity contribution in [3.63, 3.8) is 0 Å². The van der Waals surface area contributed by atoms with Crippen LogP contribution in [0, 0.1) is 28.6 Å². The van der Waals surface area contributed by atoms with Crippen molar-refractivity contribution in [2.45, 2.75) is 109 Å². The Hall–Kier alpha value is -4.18. The Balaban J connectivity index is 1.05. The Bertz CT molecular complexity index is 1790. The molecule has 1 atom stereocenters. The van der Waals surface area contributed by atoms with Crippen molar-refractivity contribution < 1.29 is 20.4 Å². The molecule has 0 saturated heterocycles. The summed E-state index contributed by atoms with van der Waals surface area (Å²) in [7, 11) is 0. The molecule has 4 nitrogen and oxygen atoms in total. The molecule has 2 saturated carbocycles. The molecule has 52 heavy (non-hydrogen) atoms. The summed E-state index contributed by atoms with van der Waals surface area (Å²) in [5.41, 5.74) is 7.06. The molecule has 3 aromatic rings. The molecule has 4 aliphatic carbocycles. The normalized spacial score (nSPS) is 25.6. The molecule has 274 valence electrons. The summed E-state index contributed by atoms with van der Waals surface area (Å²) >= 11 is 0. The van der Waals surface area contributed by atoms with Gasteiger partial charge in [0.15, 0.2) is 0 Å². The molecule has 0 bridgehead atoms. The van der Waals surface area contributed by atoms with Crippen LogP contribution >= 0.6 is 0 Å². The standard InChI is InChI=1S/C48H58O4/c1-45(2,35-25-29-47(30-26-35,37-9-17-41(49)18-10-37)38-11-19-42(50)20-12-38)33-5-7-34(8-6-33)46(3,4)36-27-31-48(32-28-36,39-13-21-43(51)22-14-39)40-15-23-44(52)24-16-40/h5,7,9-15,17-24,35-36,40,49-52H,6,8,16,25-32H2,1-4H3. The monoisotopic (exact) mass is 698 g/mol. The fraction of sp³-hybridized carbons (Fsp3) is 0.458. The van der Waals surface area contributed by atoms with E-state index in [1.165, 1.54) is 29.5 Å². The van der Waals surface area contributed by atoms with Crippen LogP contribution in [0.1, 0.15) is 115 Å². The summed E-state index contributed by atoms with van der Waals surface area (Å²) in [5, 5.41) is 40.2. The maximum absolute atomic E-state index is 10.1. The highest BCUT2D eigenvalue weighted by Crippen LogP contribution is 2.57. The third-order valence-corrected chi connectivity index (χ3v) is 14.6. The topological polar surface area (TPSA) is 80.9 Å². The molecule has 4 aliphatic rings. The van der Waals surface area contributed by atoms with E-state index >= 15 is 0 Å². The molecule has 0 aliphatic heterocycles.